The average molecular weight is 320 g/mol. The van der Waals surface area contributed by atoms with Crippen molar-refractivity contribution < 1.29 is 17.9 Å². The van der Waals surface area contributed by atoms with E-state index in [1.807, 2.05) is 35.3 Å². The Morgan fingerprint density at radius 2 is 1.65 bits per heavy atom. The molecule has 0 N–H and O–H groups in total. The summed E-state index contributed by atoms with van der Waals surface area (Å²) in [4.78, 5) is 0. The molecule has 2 aromatic rings. The van der Waals surface area contributed by atoms with Crippen molar-refractivity contribution in [1.29, 1.82) is 0 Å². The van der Waals surface area contributed by atoms with Gasteiger partial charge < -0.3 is 4.74 Å². The van der Waals surface area contributed by atoms with Gasteiger partial charge in [0.15, 0.2) is 0 Å². The maximum absolute atomic E-state index is 12.2. The molecule has 0 fully saturated rings. The van der Waals surface area contributed by atoms with Crippen LogP contribution in [0.25, 0.3) is 0 Å². The number of halogens is 3. The van der Waals surface area contributed by atoms with E-state index < -0.39 is 6.36 Å². The van der Waals surface area contributed by atoms with Crippen molar-refractivity contribution in [2.75, 3.05) is 11.6 Å². The van der Waals surface area contributed by atoms with Crippen LogP contribution in [0.2, 0.25) is 0 Å². The van der Waals surface area contributed by atoms with Crippen LogP contribution in [-0.4, -0.2) is 18.6 Å². The summed E-state index contributed by atoms with van der Waals surface area (Å²) in [5.74, 6) is -0.224. The quantitative estimate of drug-likeness (QED) is 0.826. The Labute approximate surface area is 132 Å². The molecule has 3 rings (SSSR count). The van der Waals surface area contributed by atoms with Crippen molar-refractivity contribution in [3.63, 3.8) is 0 Å². The minimum atomic E-state index is -4.67. The molecule has 120 valence electrons. The van der Waals surface area contributed by atoms with E-state index in [2.05, 4.69) is 9.84 Å². The zero-order chi connectivity index (χ0) is 16.3. The van der Waals surface area contributed by atoms with Gasteiger partial charge in [-0.2, -0.15) is 5.10 Å². The second-order valence-electron chi connectivity index (χ2n) is 5.18. The number of alkyl halides is 3. The number of benzene rings is 2. The number of rotatable bonds is 3. The molecular formula is C17H15F3N2O. The molecule has 0 aliphatic carbocycles. The highest BCUT2D eigenvalue weighted by atomic mass is 19.4. The predicted molar refractivity (Wildman–Crippen MR) is 82.7 cm³/mol. The maximum atomic E-state index is 12.2. The molecule has 0 aromatic heterocycles. The van der Waals surface area contributed by atoms with Crippen LogP contribution in [0.15, 0.2) is 59.7 Å². The van der Waals surface area contributed by atoms with Crippen molar-refractivity contribution in [3.05, 3.63) is 60.2 Å². The van der Waals surface area contributed by atoms with Crippen LogP contribution in [0.5, 0.6) is 5.75 Å². The lowest BCUT2D eigenvalue weighted by molar-refractivity contribution is -0.274. The first-order valence-electron chi connectivity index (χ1n) is 7.27. The van der Waals surface area contributed by atoms with Crippen LogP contribution < -0.4 is 9.75 Å². The van der Waals surface area contributed by atoms with Crippen LogP contribution in [0, 0.1) is 0 Å². The van der Waals surface area contributed by atoms with Crippen molar-refractivity contribution in [1.82, 2.24) is 0 Å². The van der Waals surface area contributed by atoms with Crippen LogP contribution in [0.1, 0.15) is 18.4 Å². The van der Waals surface area contributed by atoms with E-state index >= 15 is 0 Å². The van der Waals surface area contributed by atoms with Gasteiger partial charge in [0.1, 0.15) is 5.75 Å². The predicted octanol–water partition coefficient (Wildman–Crippen LogP) is 4.59. The summed E-state index contributed by atoms with van der Waals surface area (Å²) in [5, 5.41) is 6.53. The highest BCUT2D eigenvalue weighted by molar-refractivity contribution is 6.01. The van der Waals surface area contributed by atoms with Crippen molar-refractivity contribution in [2.24, 2.45) is 5.10 Å². The molecule has 0 bridgehead atoms. The summed E-state index contributed by atoms with van der Waals surface area (Å²) >= 11 is 0. The van der Waals surface area contributed by atoms with Crippen LogP contribution >= 0.6 is 0 Å². The summed E-state index contributed by atoms with van der Waals surface area (Å²) in [7, 11) is 0. The van der Waals surface area contributed by atoms with Gasteiger partial charge in [0.25, 0.3) is 0 Å². The molecule has 6 heteroatoms. The minimum Gasteiger partial charge on any atom is -0.406 e. The fourth-order valence-electron chi connectivity index (χ4n) is 2.48. The lowest BCUT2D eigenvalue weighted by atomic mass is 10.0. The van der Waals surface area contributed by atoms with Crippen molar-refractivity contribution >= 4 is 11.4 Å². The molecule has 0 spiro atoms. The largest absolute Gasteiger partial charge is 0.573 e. The maximum Gasteiger partial charge on any atom is 0.573 e. The third-order valence-corrected chi connectivity index (χ3v) is 3.50. The Hall–Kier alpha value is -2.50. The number of hydrazone groups is 1. The van der Waals surface area contributed by atoms with Gasteiger partial charge in [-0.05, 0) is 54.8 Å². The number of para-hydroxylation sites is 1. The molecular weight excluding hydrogens is 305 g/mol. The monoisotopic (exact) mass is 320 g/mol. The molecule has 0 unspecified atom stereocenters. The molecule has 1 aliphatic heterocycles. The number of anilines is 1. The highest BCUT2D eigenvalue weighted by Crippen LogP contribution is 2.25. The van der Waals surface area contributed by atoms with Gasteiger partial charge in [-0.1, -0.05) is 18.2 Å². The van der Waals surface area contributed by atoms with E-state index in [0.717, 1.165) is 36.3 Å². The Kier molecular flexibility index (Phi) is 4.23. The van der Waals surface area contributed by atoms with Gasteiger partial charge in [0.05, 0.1) is 11.4 Å². The third kappa shape index (κ3) is 4.03. The lowest BCUT2D eigenvalue weighted by Crippen LogP contribution is -2.26. The Bertz CT molecular complexity index is 681. The molecule has 0 atom stereocenters. The summed E-state index contributed by atoms with van der Waals surface area (Å²) in [6, 6.07) is 15.6. The van der Waals surface area contributed by atoms with E-state index in [9.17, 15) is 13.2 Å². The van der Waals surface area contributed by atoms with Gasteiger partial charge in [0.2, 0.25) is 0 Å². The summed E-state index contributed by atoms with van der Waals surface area (Å²) in [5.41, 5.74) is 2.67. The molecule has 0 radical (unpaired) electrons. The van der Waals surface area contributed by atoms with Gasteiger partial charge in [0, 0.05) is 6.54 Å². The SMILES string of the molecule is FC(F)(F)Oc1ccc(C2=NN(c3ccccc3)CCC2)cc1. The number of hydrogen-bond acceptors (Lipinski definition) is 3. The van der Waals surface area contributed by atoms with E-state index in [-0.39, 0.29) is 5.75 Å². The smallest absolute Gasteiger partial charge is 0.406 e. The molecule has 1 aliphatic rings. The summed E-state index contributed by atoms with van der Waals surface area (Å²) in [6.45, 7) is 0.822. The molecule has 0 saturated carbocycles. The third-order valence-electron chi connectivity index (χ3n) is 3.50. The first-order chi connectivity index (χ1) is 11.0. The second kappa shape index (κ2) is 6.32. The van der Waals surface area contributed by atoms with E-state index in [0.29, 0.717) is 0 Å². The van der Waals surface area contributed by atoms with Gasteiger partial charge in [-0.15, -0.1) is 13.2 Å². The zero-order valence-electron chi connectivity index (χ0n) is 12.3. The molecule has 23 heavy (non-hydrogen) atoms. The number of nitrogens with zero attached hydrogens (tertiary/aromatic N) is 2. The Morgan fingerprint density at radius 1 is 0.957 bits per heavy atom. The first kappa shape index (κ1) is 15.4. The molecule has 0 amide bonds. The Balaban J connectivity index is 1.79. The van der Waals surface area contributed by atoms with Crippen LogP contribution in [0.4, 0.5) is 18.9 Å². The highest BCUT2D eigenvalue weighted by Gasteiger charge is 2.31. The minimum absolute atomic E-state index is 0.224. The number of ether oxygens (including phenoxy) is 1. The number of hydrogen-bond donors (Lipinski definition) is 0. The molecule has 3 nitrogen and oxygen atoms in total. The first-order valence-corrected chi connectivity index (χ1v) is 7.27. The van der Waals surface area contributed by atoms with E-state index in [1.54, 1.807) is 12.1 Å². The average Bonchev–Trinajstić information content (AvgIpc) is 2.55. The van der Waals surface area contributed by atoms with Crippen LogP contribution in [-0.2, 0) is 0 Å². The fraction of sp³-hybridized carbons (Fsp3) is 0.235. The summed E-state index contributed by atoms with van der Waals surface area (Å²) < 4.78 is 40.4. The van der Waals surface area contributed by atoms with Crippen molar-refractivity contribution in [2.45, 2.75) is 19.2 Å². The van der Waals surface area contributed by atoms with Crippen LogP contribution in [0.3, 0.4) is 0 Å². The zero-order valence-corrected chi connectivity index (χ0v) is 12.3. The van der Waals surface area contributed by atoms with Gasteiger partial charge in [-0.25, -0.2) is 0 Å². The molecule has 0 saturated heterocycles. The van der Waals surface area contributed by atoms with E-state index in [4.69, 9.17) is 0 Å². The van der Waals surface area contributed by atoms with Gasteiger partial charge >= 0.3 is 6.36 Å². The Morgan fingerprint density at radius 3 is 2.30 bits per heavy atom. The van der Waals surface area contributed by atoms with Gasteiger partial charge in [-0.3, -0.25) is 5.01 Å². The van der Waals surface area contributed by atoms with E-state index in [1.165, 1.54) is 12.1 Å². The molecule has 2 aromatic carbocycles. The van der Waals surface area contributed by atoms with Crippen molar-refractivity contribution in [3.8, 4) is 5.75 Å². The fourth-order valence-corrected chi connectivity index (χ4v) is 2.48. The normalized spacial score (nSPS) is 15.3. The topological polar surface area (TPSA) is 24.8 Å². The molecule has 1 heterocycles. The standard InChI is InChI=1S/C17H15F3N2O/c18-17(19,20)23-15-10-8-13(9-11-15)16-7-4-12-22(21-16)14-5-2-1-3-6-14/h1-3,5-6,8-11H,4,7,12H2. The summed E-state index contributed by atoms with van der Waals surface area (Å²) in [6.07, 6.45) is -2.94. The lowest BCUT2D eigenvalue weighted by Gasteiger charge is -2.25. The second-order valence-corrected chi connectivity index (χ2v) is 5.18.